The van der Waals surface area contributed by atoms with Gasteiger partial charge < -0.3 is 40.2 Å². The Bertz CT molecular complexity index is 1690. The van der Waals surface area contributed by atoms with Gasteiger partial charge in [0.1, 0.15) is 5.75 Å². The molecule has 0 aliphatic carbocycles. The molecule has 48 heavy (non-hydrogen) atoms. The number of carbonyl (C=O) groups excluding carboxylic acids is 3. The summed E-state index contributed by atoms with van der Waals surface area (Å²) in [4.78, 5) is 56.1. The number of nitrogens with zero attached hydrogens (tertiary/aromatic N) is 2. The Morgan fingerprint density at radius 3 is 2.46 bits per heavy atom. The number of amides is 3. The Labute approximate surface area is 281 Å². The first-order valence-electron chi connectivity index (χ1n) is 16.4. The summed E-state index contributed by atoms with van der Waals surface area (Å²) < 4.78 is 12.4. The van der Waals surface area contributed by atoms with Crippen LogP contribution in [-0.2, 0) is 26.5 Å². The van der Waals surface area contributed by atoms with Crippen molar-refractivity contribution >= 4 is 43.1 Å². The maximum atomic E-state index is 14.8. The van der Waals surface area contributed by atoms with E-state index in [-0.39, 0.29) is 43.3 Å². The van der Waals surface area contributed by atoms with Crippen molar-refractivity contribution in [2.75, 3.05) is 36.2 Å². The molecule has 5 atom stereocenters. The third kappa shape index (κ3) is 5.98. The minimum Gasteiger partial charge on any atom is -0.497 e. The molecule has 3 aromatic carbocycles. The fourth-order valence-corrected chi connectivity index (χ4v) is 10.5. The van der Waals surface area contributed by atoms with Crippen LogP contribution in [0.1, 0.15) is 47.7 Å². The van der Waals surface area contributed by atoms with Gasteiger partial charge in [0.25, 0.3) is 11.8 Å². The van der Waals surface area contributed by atoms with Gasteiger partial charge in [-0.2, -0.15) is 0 Å². The van der Waals surface area contributed by atoms with Crippen molar-refractivity contribution in [2.24, 2.45) is 5.92 Å². The molecule has 1 spiro atoms. The van der Waals surface area contributed by atoms with Gasteiger partial charge >= 0.3 is 0 Å². The smallest absolute Gasteiger partial charge is 0.264 e. The minimum absolute atomic E-state index is 0.0143. The zero-order valence-corrected chi connectivity index (χ0v) is 28.8. The number of nitrogens with two attached hydrogens (primary N) is 1. The highest BCUT2D eigenvalue weighted by Gasteiger charge is 2.66. The molecule has 3 aliphatic rings. The van der Waals surface area contributed by atoms with E-state index in [2.05, 4.69) is 5.32 Å². The van der Waals surface area contributed by atoms with Gasteiger partial charge in [-0.3, -0.25) is 14.4 Å². The molecule has 3 aliphatic heterocycles. The van der Waals surface area contributed by atoms with E-state index in [1.54, 1.807) is 59.4 Å². The summed E-state index contributed by atoms with van der Waals surface area (Å²) in [7, 11) is -1.41. The molecule has 6 rings (SSSR count). The summed E-state index contributed by atoms with van der Waals surface area (Å²) in [5, 5.41) is 12.7. The SMILES string of the molecule is COc1ccc2c(c1)[C@]1(O[C@@H](CC(=O)N3CCC[C@H]3CO)[C@H]([Si](C)(C)O)[C@H]1C)C(=O)N2Cc1ccc(NC(=O)c2ccc(N)cc2)cc1. The van der Waals surface area contributed by atoms with Crippen molar-refractivity contribution in [2.45, 2.75) is 69.1 Å². The normalized spacial score (nSPS) is 25.1. The first-order valence-corrected chi connectivity index (χ1v) is 19.5. The Balaban J connectivity index is 1.28. The third-order valence-electron chi connectivity index (χ3n) is 10.2. The zero-order chi connectivity index (χ0) is 34.4. The number of aliphatic hydroxyl groups is 1. The topological polar surface area (TPSA) is 155 Å². The largest absolute Gasteiger partial charge is 0.497 e. The predicted octanol–water partition coefficient (Wildman–Crippen LogP) is 4.25. The van der Waals surface area contributed by atoms with Gasteiger partial charge in [-0.15, -0.1) is 0 Å². The monoisotopic (exact) mass is 672 g/mol. The molecule has 0 saturated carbocycles. The average molecular weight is 673 g/mol. The number of hydrogen-bond donors (Lipinski definition) is 4. The van der Waals surface area contributed by atoms with Crippen LogP contribution in [0.3, 0.4) is 0 Å². The van der Waals surface area contributed by atoms with E-state index < -0.39 is 31.5 Å². The molecule has 2 saturated heterocycles. The summed E-state index contributed by atoms with van der Waals surface area (Å²) in [6, 6.07) is 19.2. The van der Waals surface area contributed by atoms with Crippen LogP contribution in [0.25, 0.3) is 0 Å². The quantitative estimate of drug-likeness (QED) is 0.194. The van der Waals surface area contributed by atoms with E-state index in [0.29, 0.717) is 40.5 Å². The van der Waals surface area contributed by atoms with Crippen molar-refractivity contribution in [3.05, 3.63) is 83.4 Å². The highest BCUT2D eigenvalue weighted by molar-refractivity contribution is 6.71. The average Bonchev–Trinajstić information content (AvgIpc) is 3.72. The number of fused-ring (bicyclic) bond motifs is 2. The highest BCUT2D eigenvalue weighted by Crippen LogP contribution is 2.60. The lowest BCUT2D eigenvalue weighted by molar-refractivity contribution is -0.150. The summed E-state index contributed by atoms with van der Waals surface area (Å²) >= 11 is 0. The van der Waals surface area contributed by atoms with Crippen LogP contribution in [0.2, 0.25) is 18.6 Å². The number of methoxy groups -OCH3 is 1. The zero-order valence-electron chi connectivity index (χ0n) is 27.8. The molecular formula is C36H44N4O7Si. The molecule has 3 aromatic rings. The maximum Gasteiger partial charge on any atom is 0.264 e. The number of likely N-dealkylation sites (tertiary alicyclic amines) is 1. The first-order chi connectivity index (χ1) is 22.9. The molecule has 0 bridgehead atoms. The van der Waals surface area contributed by atoms with E-state index in [4.69, 9.17) is 15.2 Å². The third-order valence-corrected chi connectivity index (χ3v) is 12.7. The Kier molecular flexibility index (Phi) is 9.11. The lowest BCUT2D eigenvalue weighted by atomic mass is 9.82. The molecule has 254 valence electrons. The summed E-state index contributed by atoms with van der Waals surface area (Å²) in [6.07, 6.45) is 0.892. The number of nitrogens with one attached hydrogen (secondary N) is 1. The predicted molar refractivity (Wildman–Crippen MR) is 185 cm³/mol. The summed E-state index contributed by atoms with van der Waals surface area (Å²) in [6.45, 7) is 6.31. The number of aliphatic hydroxyl groups excluding tert-OH is 1. The Morgan fingerprint density at radius 2 is 1.81 bits per heavy atom. The van der Waals surface area contributed by atoms with Crippen LogP contribution in [-0.4, -0.2) is 73.2 Å². The molecule has 3 heterocycles. The van der Waals surface area contributed by atoms with E-state index in [0.717, 1.165) is 18.4 Å². The van der Waals surface area contributed by atoms with E-state index in [1.165, 1.54) is 0 Å². The highest BCUT2D eigenvalue weighted by atomic mass is 28.4. The van der Waals surface area contributed by atoms with Gasteiger partial charge in [-0.25, -0.2) is 0 Å². The molecule has 0 unspecified atom stereocenters. The van der Waals surface area contributed by atoms with E-state index in [1.807, 2.05) is 44.3 Å². The van der Waals surface area contributed by atoms with Gasteiger partial charge in [0.15, 0.2) is 13.9 Å². The molecule has 0 radical (unpaired) electrons. The van der Waals surface area contributed by atoms with Crippen molar-refractivity contribution in [1.29, 1.82) is 0 Å². The number of nitrogen functional groups attached to an aromatic ring is 1. The van der Waals surface area contributed by atoms with E-state index >= 15 is 0 Å². The Hall–Kier alpha value is -4.23. The molecule has 12 heteroatoms. The van der Waals surface area contributed by atoms with Gasteiger partial charge in [0.05, 0.1) is 44.5 Å². The summed E-state index contributed by atoms with van der Waals surface area (Å²) in [5.41, 5.74) is 7.73. The van der Waals surface area contributed by atoms with Crippen molar-refractivity contribution in [3.63, 3.8) is 0 Å². The second-order valence-corrected chi connectivity index (χ2v) is 17.7. The number of benzene rings is 3. The lowest BCUT2D eigenvalue weighted by Gasteiger charge is -2.32. The van der Waals surface area contributed by atoms with Crippen LogP contribution >= 0.6 is 0 Å². The van der Waals surface area contributed by atoms with Gasteiger partial charge in [-0.1, -0.05) is 19.1 Å². The van der Waals surface area contributed by atoms with Gasteiger partial charge in [0, 0.05) is 40.5 Å². The molecule has 0 aromatic heterocycles. The number of ether oxygens (including phenoxy) is 2. The lowest BCUT2D eigenvalue weighted by Crippen LogP contribution is -2.46. The fourth-order valence-electron chi connectivity index (χ4n) is 7.90. The number of hydrogen-bond acceptors (Lipinski definition) is 8. The molecule has 5 N–H and O–H groups in total. The van der Waals surface area contributed by atoms with Crippen molar-refractivity contribution in [3.8, 4) is 5.75 Å². The second kappa shape index (κ2) is 13.0. The van der Waals surface area contributed by atoms with Crippen LogP contribution in [0.15, 0.2) is 66.7 Å². The van der Waals surface area contributed by atoms with Crippen LogP contribution in [0, 0.1) is 5.92 Å². The molecule has 11 nitrogen and oxygen atoms in total. The van der Waals surface area contributed by atoms with Crippen molar-refractivity contribution in [1.82, 2.24) is 4.90 Å². The fraction of sp³-hybridized carbons (Fsp3) is 0.417. The number of anilines is 3. The standard InChI is InChI=1S/C36H44N4O7Si/c1-22-33(48(3,4)45)31(19-32(42)39-17-5-6-27(39)21-41)47-36(22)29-18-28(46-2)15-16-30(29)40(35(36)44)20-23-7-13-26(14-8-23)38-34(43)24-9-11-25(37)12-10-24/h7-16,18,22,27,31,33,41,45H,5-6,17,19-21,37H2,1-4H3,(H,38,43)/t22-,27+,31+,33-,36+/m1/s1. The summed E-state index contributed by atoms with van der Waals surface area (Å²) in [5.74, 6) is -0.528. The van der Waals surface area contributed by atoms with Crippen LogP contribution < -0.4 is 20.7 Å². The maximum absolute atomic E-state index is 14.8. The van der Waals surface area contributed by atoms with Crippen LogP contribution in [0.5, 0.6) is 5.75 Å². The minimum atomic E-state index is -2.98. The molecule has 3 amide bonds. The Morgan fingerprint density at radius 1 is 1.10 bits per heavy atom. The molecular weight excluding hydrogens is 629 g/mol. The van der Waals surface area contributed by atoms with E-state index in [9.17, 15) is 24.3 Å². The van der Waals surface area contributed by atoms with Gasteiger partial charge in [-0.05, 0) is 86.1 Å². The molecule has 2 fully saturated rings. The van der Waals surface area contributed by atoms with Gasteiger partial charge in [0.2, 0.25) is 5.91 Å². The first kappa shape index (κ1) is 33.7. The van der Waals surface area contributed by atoms with Crippen molar-refractivity contribution < 1.29 is 33.8 Å². The number of rotatable bonds is 9. The van der Waals surface area contributed by atoms with Crippen LogP contribution in [0.4, 0.5) is 17.1 Å². The number of carbonyl (C=O) groups is 3. The second-order valence-electron chi connectivity index (χ2n) is 13.7.